The largest absolute Gasteiger partial charge is 0.496 e. The minimum atomic E-state index is 0.0118. The Labute approximate surface area is 158 Å². The number of para-hydroxylation sites is 2. The molecule has 0 N–H and O–H groups in total. The maximum Gasteiger partial charge on any atom is 0.257 e. The van der Waals surface area contributed by atoms with E-state index in [9.17, 15) is 4.79 Å². The topological polar surface area (TPSA) is 51.7 Å². The van der Waals surface area contributed by atoms with Gasteiger partial charge < -0.3 is 14.4 Å². The first-order chi connectivity index (χ1) is 13.3. The highest BCUT2D eigenvalue weighted by atomic mass is 16.5. The zero-order valence-electron chi connectivity index (χ0n) is 15.3. The third kappa shape index (κ3) is 3.58. The number of carbonyl (C=O) groups excluding carboxylic acids is 1. The SMILES string of the molecule is COc1ccccc1C(=O)N1CCC(Oc2cccc3cccnc23)CC1. The quantitative estimate of drug-likeness (QED) is 0.706. The molecule has 1 fully saturated rings. The molecular weight excluding hydrogens is 340 g/mol. The van der Waals surface area contributed by atoms with E-state index in [0.29, 0.717) is 24.4 Å². The summed E-state index contributed by atoms with van der Waals surface area (Å²) in [4.78, 5) is 19.1. The van der Waals surface area contributed by atoms with Crippen molar-refractivity contribution in [3.8, 4) is 11.5 Å². The van der Waals surface area contributed by atoms with E-state index in [0.717, 1.165) is 29.5 Å². The van der Waals surface area contributed by atoms with Gasteiger partial charge in [0.15, 0.2) is 0 Å². The first-order valence-corrected chi connectivity index (χ1v) is 9.19. The van der Waals surface area contributed by atoms with E-state index in [1.54, 1.807) is 13.3 Å². The van der Waals surface area contributed by atoms with E-state index >= 15 is 0 Å². The fraction of sp³-hybridized carbons (Fsp3) is 0.273. The Kier molecular flexibility index (Phi) is 4.92. The Morgan fingerprint density at radius 2 is 1.74 bits per heavy atom. The molecule has 2 aromatic carbocycles. The van der Waals surface area contributed by atoms with Crippen molar-refractivity contribution in [3.63, 3.8) is 0 Å². The van der Waals surface area contributed by atoms with Crippen LogP contribution < -0.4 is 9.47 Å². The average Bonchev–Trinajstić information content (AvgIpc) is 2.74. The smallest absolute Gasteiger partial charge is 0.257 e. The van der Waals surface area contributed by atoms with Crippen molar-refractivity contribution in [1.82, 2.24) is 9.88 Å². The number of aromatic nitrogens is 1. The molecule has 138 valence electrons. The molecule has 1 aromatic heterocycles. The number of likely N-dealkylation sites (tertiary alicyclic amines) is 1. The lowest BCUT2D eigenvalue weighted by atomic mass is 10.1. The standard InChI is InChI=1S/C22H22N2O3/c1-26-19-9-3-2-8-18(19)22(25)24-14-11-17(12-15-24)27-20-10-4-6-16-7-5-13-23-21(16)20/h2-10,13,17H,11-12,14-15H2,1H3. The zero-order valence-corrected chi connectivity index (χ0v) is 15.3. The molecule has 5 heteroatoms. The Morgan fingerprint density at radius 1 is 1.00 bits per heavy atom. The van der Waals surface area contributed by atoms with Crippen LogP contribution in [0.1, 0.15) is 23.2 Å². The minimum Gasteiger partial charge on any atom is -0.496 e. The van der Waals surface area contributed by atoms with Crippen molar-refractivity contribution in [3.05, 3.63) is 66.4 Å². The summed E-state index contributed by atoms with van der Waals surface area (Å²) < 4.78 is 11.5. The fourth-order valence-corrected chi connectivity index (χ4v) is 3.52. The van der Waals surface area contributed by atoms with E-state index in [1.165, 1.54) is 0 Å². The molecule has 1 aliphatic heterocycles. The number of hydrogen-bond donors (Lipinski definition) is 0. The number of rotatable bonds is 4. The first kappa shape index (κ1) is 17.3. The third-order valence-corrected chi connectivity index (χ3v) is 4.96. The molecule has 0 aliphatic carbocycles. The monoisotopic (exact) mass is 362 g/mol. The van der Waals surface area contributed by atoms with E-state index < -0.39 is 0 Å². The molecule has 1 saturated heterocycles. The van der Waals surface area contributed by atoms with Gasteiger partial charge in [-0.05, 0) is 24.3 Å². The molecule has 1 aliphatic rings. The second kappa shape index (κ2) is 7.66. The maximum atomic E-state index is 12.8. The molecular formula is C22H22N2O3. The van der Waals surface area contributed by atoms with Gasteiger partial charge in [0.2, 0.25) is 0 Å². The van der Waals surface area contributed by atoms with Crippen LogP contribution in [-0.2, 0) is 0 Å². The van der Waals surface area contributed by atoms with Crippen LogP contribution in [0, 0.1) is 0 Å². The van der Waals surface area contributed by atoms with Crippen molar-refractivity contribution in [2.75, 3.05) is 20.2 Å². The van der Waals surface area contributed by atoms with Crippen LogP contribution in [0.5, 0.6) is 11.5 Å². The Hall–Kier alpha value is -3.08. The number of ether oxygens (including phenoxy) is 2. The molecule has 0 atom stereocenters. The van der Waals surface area contributed by atoms with Crippen molar-refractivity contribution in [2.45, 2.75) is 18.9 Å². The zero-order chi connectivity index (χ0) is 18.6. The lowest BCUT2D eigenvalue weighted by Gasteiger charge is -2.32. The van der Waals surface area contributed by atoms with Gasteiger partial charge in [0.1, 0.15) is 23.1 Å². The first-order valence-electron chi connectivity index (χ1n) is 9.19. The summed E-state index contributed by atoms with van der Waals surface area (Å²) in [7, 11) is 1.59. The molecule has 3 aromatic rings. The number of pyridine rings is 1. The van der Waals surface area contributed by atoms with E-state index in [4.69, 9.17) is 9.47 Å². The Morgan fingerprint density at radius 3 is 2.56 bits per heavy atom. The van der Waals surface area contributed by atoms with Gasteiger partial charge in [0, 0.05) is 37.5 Å². The van der Waals surface area contributed by atoms with Gasteiger partial charge in [-0.15, -0.1) is 0 Å². The summed E-state index contributed by atoms with van der Waals surface area (Å²) in [6.07, 6.45) is 3.46. The normalized spacial score (nSPS) is 14.9. The minimum absolute atomic E-state index is 0.0118. The van der Waals surface area contributed by atoms with Crippen LogP contribution in [0.15, 0.2) is 60.8 Å². The van der Waals surface area contributed by atoms with Gasteiger partial charge in [-0.3, -0.25) is 9.78 Å². The van der Waals surface area contributed by atoms with E-state index in [2.05, 4.69) is 4.98 Å². The molecule has 5 nitrogen and oxygen atoms in total. The maximum absolute atomic E-state index is 12.8. The lowest BCUT2D eigenvalue weighted by molar-refractivity contribution is 0.0594. The highest BCUT2D eigenvalue weighted by Crippen LogP contribution is 2.27. The molecule has 0 unspecified atom stereocenters. The second-order valence-electron chi connectivity index (χ2n) is 6.64. The van der Waals surface area contributed by atoms with Crippen LogP contribution in [0.2, 0.25) is 0 Å². The number of nitrogens with zero attached hydrogens (tertiary/aromatic N) is 2. The van der Waals surface area contributed by atoms with Crippen molar-refractivity contribution in [1.29, 1.82) is 0 Å². The number of amides is 1. The highest BCUT2D eigenvalue weighted by Gasteiger charge is 2.26. The van der Waals surface area contributed by atoms with Crippen molar-refractivity contribution in [2.24, 2.45) is 0 Å². The summed E-state index contributed by atoms with van der Waals surface area (Å²) in [5.74, 6) is 1.43. The summed E-state index contributed by atoms with van der Waals surface area (Å²) in [6, 6.07) is 17.3. The summed E-state index contributed by atoms with van der Waals surface area (Å²) in [5.41, 5.74) is 1.49. The average molecular weight is 362 g/mol. The molecule has 1 amide bonds. The number of benzene rings is 2. The molecule has 0 radical (unpaired) electrons. The van der Waals surface area contributed by atoms with E-state index in [-0.39, 0.29) is 12.0 Å². The van der Waals surface area contributed by atoms with Crippen LogP contribution in [-0.4, -0.2) is 42.1 Å². The van der Waals surface area contributed by atoms with Crippen molar-refractivity contribution >= 4 is 16.8 Å². The summed E-state index contributed by atoms with van der Waals surface area (Å²) >= 11 is 0. The fourth-order valence-electron chi connectivity index (χ4n) is 3.52. The van der Waals surface area contributed by atoms with Gasteiger partial charge in [-0.1, -0.05) is 30.3 Å². The Balaban J connectivity index is 1.42. The molecule has 0 bridgehead atoms. The van der Waals surface area contributed by atoms with Gasteiger partial charge in [-0.25, -0.2) is 0 Å². The van der Waals surface area contributed by atoms with Gasteiger partial charge >= 0.3 is 0 Å². The molecule has 0 spiro atoms. The Bertz CT molecular complexity index is 944. The summed E-state index contributed by atoms with van der Waals surface area (Å²) in [6.45, 7) is 1.33. The highest BCUT2D eigenvalue weighted by molar-refractivity contribution is 5.97. The number of carbonyl (C=O) groups is 1. The summed E-state index contributed by atoms with van der Waals surface area (Å²) in [5, 5.41) is 1.07. The van der Waals surface area contributed by atoms with Crippen LogP contribution in [0.25, 0.3) is 10.9 Å². The number of methoxy groups -OCH3 is 1. The predicted molar refractivity (Wildman–Crippen MR) is 104 cm³/mol. The molecule has 2 heterocycles. The number of piperidine rings is 1. The number of fused-ring (bicyclic) bond motifs is 1. The predicted octanol–water partition coefficient (Wildman–Crippen LogP) is 3.93. The van der Waals surface area contributed by atoms with Gasteiger partial charge in [-0.2, -0.15) is 0 Å². The van der Waals surface area contributed by atoms with Crippen LogP contribution in [0.4, 0.5) is 0 Å². The second-order valence-corrected chi connectivity index (χ2v) is 6.64. The molecule has 27 heavy (non-hydrogen) atoms. The van der Waals surface area contributed by atoms with Crippen LogP contribution >= 0.6 is 0 Å². The van der Waals surface area contributed by atoms with Gasteiger partial charge in [0.25, 0.3) is 5.91 Å². The third-order valence-electron chi connectivity index (χ3n) is 4.96. The van der Waals surface area contributed by atoms with Crippen molar-refractivity contribution < 1.29 is 14.3 Å². The number of hydrogen-bond acceptors (Lipinski definition) is 4. The molecule has 4 rings (SSSR count). The molecule has 0 saturated carbocycles. The van der Waals surface area contributed by atoms with E-state index in [1.807, 2.05) is 59.5 Å². The van der Waals surface area contributed by atoms with Crippen LogP contribution in [0.3, 0.4) is 0 Å². The lowest BCUT2D eigenvalue weighted by Crippen LogP contribution is -2.41. The van der Waals surface area contributed by atoms with Gasteiger partial charge in [0.05, 0.1) is 12.7 Å².